The summed E-state index contributed by atoms with van der Waals surface area (Å²) in [4.78, 5) is 25.5. The zero-order chi connectivity index (χ0) is 13.2. The zero-order valence-corrected chi connectivity index (χ0v) is 10.7. The number of piperidine rings is 1. The maximum atomic E-state index is 12.2. The van der Waals surface area contributed by atoms with Crippen molar-refractivity contribution < 1.29 is 14.7 Å². The van der Waals surface area contributed by atoms with Gasteiger partial charge in [0.2, 0.25) is 11.8 Å². The molecule has 0 bridgehead atoms. The molecule has 4 nitrogen and oxygen atoms in total. The van der Waals surface area contributed by atoms with Gasteiger partial charge in [-0.2, -0.15) is 0 Å². The number of carbonyl (C=O) groups is 2. The van der Waals surface area contributed by atoms with Crippen molar-refractivity contribution in [1.29, 1.82) is 0 Å². The van der Waals surface area contributed by atoms with E-state index in [2.05, 4.69) is 0 Å². The molecule has 1 heterocycles. The van der Waals surface area contributed by atoms with Crippen LogP contribution in [0.4, 0.5) is 5.69 Å². The molecule has 0 radical (unpaired) electrons. The molecule has 1 aromatic carbocycles. The second-order valence-electron chi connectivity index (χ2n) is 5.42. The Kier molecular flexibility index (Phi) is 2.09. The fourth-order valence-corrected chi connectivity index (χ4v) is 3.12. The minimum atomic E-state index is -0.228. The number of benzene rings is 1. The van der Waals surface area contributed by atoms with Gasteiger partial charge in [-0.25, -0.2) is 4.90 Å². The Balaban J connectivity index is 2.01. The maximum Gasteiger partial charge on any atom is 0.238 e. The summed E-state index contributed by atoms with van der Waals surface area (Å²) in [5, 5.41) is 9.49. The van der Waals surface area contributed by atoms with Gasteiger partial charge in [-0.1, -0.05) is 25.4 Å². The minimum Gasteiger partial charge on any atom is -0.508 e. The second-order valence-corrected chi connectivity index (χ2v) is 5.83. The molecule has 94 valence electrons. The summed E-state index contributed by atoms with van der Waals surface area (Å²) < 4.78 is 0. The smallest absolute Gasteiger partial charge is 0.238 e. The van der Waals surface area contributed by atoms with E-state index in [1.165, 1.54) is 18.2 Å². The highest BCUT2D eigenvalue weighted by molar-refractivity contribution is 6.36. The Labute approximate surface area is 109 Å². The van der Waals surface area contributed by atoms with Gasteiger partial charge in [-0.3, -0.25) is 9.59 Å². The molecule has 18 heavy (non-hydrogen) atoms. The largest absolute Gasteiger partial charge is 0.508 e. The number of rotatable bonds is 1. The molecule has 0 spiro atoms. The molecule has 1 aliphatic heterocycles. The third-order valence-electron chi connectivity index (χ3n) is 3.97. The summed E-state index contributed by atoms with van der Waals surface area (Å²) in [6.45, 7) is 3.85. The van der Waals surface area contributed by atoms with E-state index < -0.39 is 0 Å². The van der Waals surface area contributed by atoms with E-state index in [4.69, 9.17) is 11.6 Å². The monoisotopic (exact) mass is 265 g/mol. The van der Waals surface area contributed by atoms with Crippen LogP contribution < -0.4 is 4.90 Å². The lowest BCUT2D eigenvalue weighted by molar-refractivity contribution is -0.125. The van der Waals surface area contributed by atoms with Crippen LogP contribution in [-0.4, -0.2) is 16.9 Å². The fraction of sp³-hybridized carbons (Fsp3) is 0.385. The van der Waals surface area contributed by atoms with Crippen molar-refractivity contribution in [3.05, 3.63) is 23.2 Å². The van der Waals surface area contributed by atoms with E-state index in [1.807, 2.05) is 13.8 Å². The number of nitrogens with zero attached hydrogens (tertiary/aromatic N) is 1. The molecule has 2 unspecified atom stereocenters. The molecule has 0 aromatic heterocycles. The molecule has 2 atom stereocenters. The zero-order valence-electron chi connectivity index (χ0n) is 9.98. The van der Waals surface area contributed by atoms with E-state index in [9.17, 15) is 14.7 Å². The molecule has 1 saturated heterocycles. The van der Waals surface area contributed by atoms with Crippen LogP contribution in [0.2, 0.25) is 5.02 Å². The van der Waals surface area contributed by atoms with Gasteiger partial charge in [0.05, 0.1) is 22.5 Å². The summed E-state index contributed by atoms with van der Waals surface area (Å²) in [7, 11) is 0. The Morgan fingerprint density at radius 1 is 1.22 bits per heavy atom. The first-order valence-electron chi connectivity index (χ1n) is 5.72. The Hall–Kier alpha value is -1.55. The Bertz CT molecular complexity index is 558. The number of hydrogen-bond acceptors (Lipinski definition) is 3. The average Bonchev–Trinajstić information content (AvgIpc) is 2.72. The van der Waals surface area contributed by atoms with Crippen molar-refractivity contribution in [3.8, 4) is 5.75 Å². The van der Waals surface area contributed by atoms with E-state index in [1.54, 1.807) is 0 Å². The van der Waals surface area contributed by atoms with Gasteiger partial charge >= 0.3 is 0 Å². The van der Waals surface area contributed by atoms with Gasteiger partial charge in [0.15, 0.2) is 0 Å². The van der Waals surface area contributed by atoms with Crippen LogP contribution >= 0.6 is 11.6 Å². The van der Waals surface area contributed by atoms with Crippen molar-refractivity contribution in [2.45, 2.75) is 13.8 Å². The van der Waals surface area contributed by atoms with Gasteiger partial charge in [0, 0.05) is 6.07 Å². The molecule has 1 N–H and O–H groups in total. The van der Waals surface area contributed by atoms with E-state index in [0.717, 1.165) is 4.90 Å². The predicted octanol–water partition coefficient (Wildman–Crippen LogP) is 2.19. The number of phenols is 1. The lowest BCUT2D eigenvalue weighted by Gasteiger charge is -2.21. The van der Waals surface area contributed by atoms with Gasteiger partial charge in [-0.05, 0) is 17.5 Å². The Morgan fingerprint density at radius 3 is 2.28 bits per heavy atom. The summed E-state index contributed by atoms with van der Waals surface area (Å²) >= 11 is 5.97. The highest BCUT2D eigenvalue weighted by Gasteiger charge is 2.72. The number of anilines is 1. The van der Waals surface area contributed by atoms with Crippen molar-refractivity contribution in [1.82, 2.24) is 0 Å². The third-order valence-corrected chi connectivity index (χ3v) is 4.28. The molecule has 2 amide bonds. The first-order chi connectivity index (χ1) is 8.35. The van der Waals surface area contributed by atoms with Crippen molar-refractivity contribution in [2.24, 2.45) is 17.3 Å². The van der Waals surface area contributed by atoms with E-state index >= 15 is 0 Å². The lowest BCUT2D eigenvalue weighted by Crippen LogP contribution is -2.36. The molecule has 1 saturated carbocycles. The molecule has 2 fully saturated rings. The first-order valence-corrected chi connectivity index (χ1v) is 6.10. The van der Waals surface area contributed by atoms with Crippen LogP contribution in [0.1, 0.15) is 13.8 Å². The number of fused-ring (bicyclic) bond motifs is 1. The van der Waals surface area contributed by atoms with Crippen molar-refractivity contribution >= 4 is 29.1 Å². The van der Waals surface area contributed by atoms with Crippen LogP contribution in [0.15, 0.2) is 18.2 Å². The summed E-state index contributed by atoms with van der Waals surface area (Å²) in [5.74, 6) is -0.830. The molecule has 1 aliphatic carbocycles. The topological polar surface area (TPSA) is 57.6 Å². The second kappa shape index (κ2) is 3.26. The molecule has 2 aliphatic rings. The Morgan fingerprint density at radius 2 is 1.78 bits per heavy atom. The highest BCUT2D eigenvalue weighted by Crippen LogP contribution is 2.64. The van der Waals surface area contributed by atoms with E-state index in [0.29, 0.717) is 5.69 Å². The van der Waals surface area contributed by atoms with Gasteiger partial charge in [-0.15, -0.1) is 0 Å². The average molecular weight is 266 g/mol. The summed E-state index contributed by atoms with van der Waals surface area (Å²) in [6, 6.07) is 4.23. The molecule has 5 heteroatoms. The lowest BCUT2D eigenvalue weighted by atomic mass is 10.1. The SMILES string of the molecule is CC1(C)C2C(=O)N(c3ccc(O)cc3Cl)C(=O)C21. The predicted molar refractivity (Wildman–Crippen MR) is 66.4 cm³/mol. The maximum absolute atomic E-state index is 12.2. The third kappa shape index (κ3) is 1.27. The first kappa shape index (κ1) is 11.5. The number of hydrogen-bond donors (Lipinski definition) is 1. The normalized spacial score (nSPS) is 28.5. The van der Waals surface area contributed by atoms with Gasteiger partial charge < -0.3 is 5.11 Å². The van der Waals surface area contributed by atoms with Crippen molar-refractivity contribution in [2.75, 3.05) is 4.90 Å². The minimum absolute atomic E-state index is 0.00772. The van der Waals surface area contributed by atoms with Crippen LogP contribution in [0, 0.1) is 17.3 Å². The van der Waals surface area contributed by atoms with Crippen LogP contribution in [0.25, 0.3) is 0 Å². The quantitative estimate of drug-likeness (QED) is 0.792. The van der Waals surface area contributed by atoms with Crippen LogP contribution in [-0.2, 0) is 9.59 Å². The number of aromatic hydroxyl groups is 1. The van der Waals surface area contributed by atoms with E-state index in [-0.39, 0.29) is 39.8 Å². The number of phenolic OH excluding ortho intramolecular Hbond substituents is 1. The standard InChI is InChI=1S/C13H12ClNO3/c1-13(2)9-10(13)12(18)15(11(9)17)8-4-3-6(16)5-7(8)14/h3-5,9-10,16H,1-2H3. The number of amides is 2. The van der Waals surface area contributed by atoms with Gasteiger partial charge in [0.25, 0.3) is 0 Å². The van der Waals surface area contributed by atoms with Crippen LogP contribution in [0.5, 0.6) is 5.75 Å². The number of halogens is 1. The van der Waals surface area contributed by atoms with Crippen molar-refractivity contribution in [3.63, 3.8) is 0 Å². The fourth-order valence-electron chi connectivity index (χ4n) is 2.86. The van der Waals surface area contributed by atoms with Gasteiger partial charge in [0.1, 0.15) is 5.75 Å². The van der Waals surface area contributed by atoms with Crippen LogP contribution in [0.3, 0.4) is 0 Å². The number of carbonyl (C=O) groups excluding carboxylic acids is 2. The molecule has 3 rings (SSSR count). The number of imide groups is 1. The molecular formula is C13H12ClNO3. The molecular weight excluding hydrogens is 254 g/mol. The summed E-state index contributed by atoms with van der Waals surface area (Å²) in [6.07, 6.45) is 0. The molecule has 1 aromatic rings. The highest BCUT2D eigenvalue weighted by atomic mass is 35.5. The summed E-state index contributed by atoms with van der Waals surface area (Å²) in [5.41, 5.74) is 0.126.